The molecule has 1 aliphatic carbocycles. The van der Waals surface area contributed by atoms with Crippen LogP contribution in [0, 0.1) is 5.92 Å². The summed E-state index contributed by atoms with van der Waals surface area (Å²) in [6, 6.07) is 8.10. The van der Waals surface area contributed by atoms with Crippen molar-refractivity contribution in [2.75, 3.05) is 12.3 Å². The van der Waals surface area contributed by atoms with Crippen molar-refractivity contribution in [3.05, 3.63) is 35.9 Å². The quantitative estimate of drug-likeness (QED) is 0.663. The van der Waals surface area contributed by atoms with Crippen LogP contribution in [0.25, 0.3) is 6.08 Å². The minimum Gasteiger partial charge on any atom is -0.399 e. The van der Waals surface area contributed by atoms with E-state index >= 15 is 0 Å². The number of benzene rings is 1. The fraction of sp³-hybridized carbons (Fsp3) is 0.471. The molecule has 106 valence electrons. The number of hydrogen-bond acceptors (Lipinski definition) is 2. The second-order valence-corrected chi connectivity index (χ2v) is 5.94. The largest absolute Gasteiger partial charge is 0.399 e. The van der Waals surface area contributed by atoms with E-state index in [9.17, 15) is 4.79 Å². The number of rotatable bonds is 2. The van der Waals surface area contributed by atoms with Crippen molar-refractivity contribution in [2.45, 2.75) is 38.1 Å². The van der Waals surface area contributed by atoms with E-state index in [0.717, 1.165) is 23.7 Å². The number of carbonyl (C=O) groups excluding carboxylic acids is 1. The predicted octanol–water partition coefficient (Wildman–Crippen LogP) is 3.07. The first-order valence-electron chi connectivity index (χ1n) is 7.58. The topological polar surface area (TPSA) is 46.3 Å². The summed E-state index contributed by atoms with van der Waals surface area (Å²) in [4.78, 5) is 14.4. The van der Waals surface area contributed by atoms with Gasteiger partial charge >= 0.3 is 0 Å². The molecule has 1 heterocycles. The molecule has 20 heavy (non-hydrogen) atoms. The Morgan fingerprint density at radius 1 is 1.25 bits per heavy atom. The van der Waals surface area contributed by atoms with Crippen LogP contribution in [0.4, 0.5) is 5.69 Å². The van der Waals surface area contributed by atoms with Crippen molar-refractivity contribution in [1.29, 1.82) is 0 Å². The third kappa shape index (κ3) is 2.72. The molecule has 3 rings (SSSR count). The molecule has 1 aromatic rings. The Morgan fingerprint density at radius 2 is 2.10 bits per heavy atom. The van der Waals surface area contributed by atoms with E-state index in [4.69, 9.17) is 5.73 Å². The number of fused-ring (bicyclic) bond motifs is 1. The summed E-state index contributed by atoms with van der Waals surface area (Å²) in [6.07, 6.45) is 9.84. The first-order valence-corrected chi connectivity index (χ1v) is 7.58. The molecule has 2 unspecified atom stereocenters. The Labute approximate surface area is 120 Å². The van der Waals surface area contributed by atoms with Gasteiger partial charge in [0.05, 0.1) is 0 Å². The molecular weight excluding hydrogens is 248 g/mol. The zero-order valence-corrected chi connectivity index (χ0v) is 11.8. The third-order valence-electron chi connectivity index (χ3n) is 4.62. The summed E-state index contributed by atoms with van der Waals surface area (Å²) in [5.74, 6) is 0.898. The first kappa shape index (κ1) is 13.2. The highest BCUT2D eigenvalue weighted by molar-refractivity contribution is 5.92. The van der Waals surface area contributed by atoms with Crippen LogP contribution in [0.3, 0.4) is 0 Å². The third-order valence-corrected chi connectivity index (χ3v) is 4.62. The molecule has 0 radical (unpaired) electrons. The summed E-state index contributed by atoms with van der Waals surface area (Å²) >= 11 is 0. The molecule has 1 saturated carbocycles. The van der Waals surface area contributed by atoms with Crippen LogP contribution < -0.4 is 5.73 Å². The summed E-state index contributed by atoms with van der Waals surface area (Å²) in [7, 11) is 0. The fourth-order valence-corrected chi connectivity index (χ4v) is 3.61. The van der Waals surface area contributed by atoms with Crippen LogP contribution in [-0.2, 0) is 4.79 Å². The van der Waals surface area contributed by atoms with Gasteiger partial charge in [0.15, 0.2) is 0 Å². The molecule has 2 atom stereocenters. The van der Waals surface area contributed by atoms with Gasteiger partial charge in [-0.25, -0.2) is 0 Å². The Kier molecular flexibility index (Phi) is 3.77. The molecule has 1 aliphatic heterocycles. The van der Waals surface area contributed by atoms with Crippen molar-refractivity contribution in [3.8, 4) is 0 Å². The van der Waals surface area contributed by atoms with Crippen LogP contribution in [0.5, 0.6) is 0 Å². The zero-order chi connectivity index (χ0) is 13.9. The standard InChI is InChI=1S/C17H22N2O/c18-15-6-3-4-13(12-15)8-9-17(20)19-11-10-14-5-1-2-7-16(14)19/h3-4,6,8-9,12,14,16H,1-2,5,7,10-11,18H2/b9-8+. The SMILES string of the molecule is Nc1cccc(/C=C/C(=O)N2CCC3CCCCC32)c1. The Bertz CT molecular complexity index is 523. The number of nitrogen functional groups attached to an aromatic ring is 1. The van der Waals surface area contributed by atoms with Crippen LogP contribution in [0.2, 0.25) is 0 Å². The lowest BCUT2D eigenvalue weighted by Gasteiger charge is -2.31. The molecule has 1 saturated heterocycles. The first-order chi connectivity index (χ1) is 9.74. The molecule has 2 N–H and O–H groups in total. The molecule has 0 bridgehead atoms. The molecule has 0 spiro atoms. The highest BCUT2D eigenvalue weighted by Gasteiger charge is 2.37. The Balaban J connectivity index is 1.67. The maximum atomic E-state index is 12.4. The molecule has 2 aliphatic rings. The maximum Gasteiger partial charge on any atom is 0.246 e. The summed E-state index contributed by atoms with van der Waals surface area (Å²) in [5, 5.41) is 0. The van der Waals surface area contributed by atoms with Crippen molar-refractivity contribution in [2.24, 2.45) is 5.92 Å². The van der Waals surface area contributed by atoms with Gasteiger partial charge in [0, 0.05) is 24.4 Å². The molecule has 0 aromatic heterocycles. The predicted molar refractivity (Wildman–Crippen MR) is 82.0 cm³/mol. The van der Waals surface area contributed by atoms with Crippen molar-refractivity contribution < 1.29 is 4.79 Å². The lowest BCUT2D eigenvalue weighted by molar-refractivity contribution is -0.127. The average molecular weight is 270 g/mol. The van der Waals surface area contributed by atoms with Gasteiger partial charge in [0.1, 0.15) is 0 Å². The monoisotopic (exact) mass is 270 g/mol. The molecule has 1 aromatic carbocycles. The number of amides is 1. The van der Waals surface area contributed by atoms with Crippen LogP contribution in [-0.4, -0.2) is 23.4 Å². The maximum absolute atomic E-state index is 12.4. The average Bonchev–Trinajstić information content (AvgIpc) is 2.89. The van der Waals surface area contributed by atoms with Gasteiger partial charge in [-0.15, -0.1) is 0 Å². The van der Waals surface area contributed by atoms with Crippen molar-refractivity contribution >= 4 is 17.7 Å². The number of nitrogens with zero attached hydrogens (tertiary/aromatic N) is 1. The second-order valence-electron chi connectivity index (χ2n) is 5.94. The van der Waals surface area contributed by atoms with Crippen molar-refractivity contribution in [3.63, 3.8) is 0 Å². The smallest absolute Gasteiger partial charge is 0.246 e. The highest BCUT2D eigenvalue weighted by atomic mass is 16.2. The van der Waals surface area contributed by atoms with Gasteiger partial charge in [-0.3, -0.25) is 4.79 Å². The Hall–Kier alpha value is -1.77. The second kappa shape index (κ2) is 5.70. The summed E-state index contributed by atoms with van der Waals surface area (Å²) in [5.41, 5.74) is 7.46. The number of carbonyl (C=O) groups is 1. The van der Waals surface area contributed by atoms with Crippen LogP contribution >= 0.6 is 0 Å². The van der Waals surface area contributed by atoms with Gasteiger partial charge < -0.3 is 10.6 Å². The van der Waals surface area contributed by atoms with E-state index in [-0.39, 0.29) is 5.91 Å². The molecule has 1 amide bonds. The van der Waals surface area contributed by atoms with Crippen LogP contribution in [0.15, 0.2) is 30.3 Å². The lowest BCUT2D eigenvalue weighted by Crippen LogP contribution is -2.38. The summed E-state index contributed by atoms with van der Waals surface area (Å²) in [6.45, 7) is 0.926. The molecule has 3 heteroatoms. The van der Waals surface area contributed by atoms with E-state index < -0.39 is 0 Å². The summed E-state index contributed by atoms with van der Waals surface area (Å²) < 4.78 is 0. The zero-order valence-electron chi connectivity index (χ0n) is 11.8. The lowest BCUT2D eigenvalue weighted by atomic mass is 9.85. The minimum atomic E-state index is 0.154. The molecular formula is C17H22N2O. The van der Waals surface area contributed by atoms with Crippen LogP contribution in [0.1, 0.15) is 37.7 Å². The Morgan fingerprint density at radius 3 is 2.95 bits per heavy atom. The molecule has 2 fully saturated rings. The van der Waals surface area contributed by atoms with Gasteiger partial charge in [0.25, 0.3) is 0 Å². The van der Waals surface area contributed by atoms with E-state index in [1.165, 1.54) is 32.1 Å². The van der Waals surface area contributed by atoms with Gasteiger partial charge in [0.2, 0.25) is 5.91 Å². The number of anilines is 1. The van der Waals surface area contributed by atoms with E-state index in [2.05, 4.69) is 4.90 Å². The minimum absolute atomic E-state index is 0.154. The number of likely N-dealkylation sites (tertiary alicyclic amines) is 1. The van der Waals surface area contributed by atoms with E-state index in [0.29, 0.717) is 6.04 Å². The normalized spacial score (nSPS) is 25.9. The van der Waals surface area contributed by atoms with Gasteiger partial charge in [-0.2, -0.15) is 0 Å². The van der Waals surface area contributed by atoms with Gasteiger partial charge in [-0.05, 0) is 49.0 Å². The fourth-order valence-electron chi connectivity index (χ4n) is 3.61. The highest BCUT2D eigenvalue weighted by Crippen LogP contribution is 2.36. The van der Waals surface area contributed by atoms with Gasteiger partial charge in [-0.1, -0.05) is 25.0 Å². The molecule has 3 nitrogen and oxygen atoms in total. The van der Waals surface area contributed by atoms with Crippen molar-refractivity contribution in [1.82, 2.24) is 4.90 Å². The number of nitrogens with two attached hydrogens (primary N) is 1. The van der Waals surface area contributed by atoms with E-state index in [1.807, 2.05) is 30.3 Å². The number of hydrogen-bond donors (Lipinski definition) is 1. The van der Waals surface area contributed by atoms with E-state index in [1.54, 1.807) is 6.08 Å².